The summed E-state index contributed by atoms with van der Waals surface area (Å²) < 4.78 is 5.06. The van der Waals surface area contributed by atoms with Crippen LogP contribution < -0.4 is 0 Å². The second-order valence-electron chi connectivity index (χ2n) is 3.73. The van der Waals surface area contributed by atoms with Crippen molar-refractivity contribution in [2.24, 2.45) is 0 Å². The maximum Gasteiger partial charge on any atom is 0.376 e. The van der Waals surface area contributed by atoms with Gasteiger partial charge >= 0.3 is 5.97 Å². The number of ether oxygens (including phenoxy) is 1. The Kier molecular flexibility index (Phi) is 3.06. The molecule has 4 nitrogen and oxygen atoms in total. The molecule has 0 spiro atoms. The van der Waals surface area contributed by atoms with Gasteiger partial charge in [0, 0.05) is 12.4 Å². The number of hydrogen-bond acceptors (Lipinski definition) is 4. The molecule has 0 aliphatic carbocycles. The summed E-state index contributed by atoms with van der Waals surface area (Å²) in [5.74, 6) is -0.529. The fraction of sp³-hybridized carbons (Fsp3) is 0.444. The Labute approximate surface area is 87.3 Å². The maximum atomic E-state index is 11.4. The summed E-state index contributed by atoms with van der Waals surface area (Å²) in [4.78, 5) is 18.9. The van der Waals surface area contributed by atoms with Crippen LogP contribution in [0.5, 0.6) is 0 Å². The van der Waals surface area contributed by atoms with Crippen molar-refractivity contribution < 1.29 is 9.53 Å². The first-order valence-corrected chi connectivity index (χ1v) is 4.47. The summed E-state index contributed by atoms with van der Waals surface area (Å²) in [5.41, 5.74) is -0.542. The van der Waals surface area contributed by atoms with Crippen LogP contribution >= 0.6 is 11.6 Å². The van der Waals surface area contributed by atoms with Gasteiger partial charge in [0.05, 0.1) is 5.02 Å². The number of nitrogens with zero attached hydrogens (tertiary/aromatic N) is 2. The van der Waals surface area contributed by atoms with E-state index in [9.17, 15) is 4.79 Å². The molecule has 1 heterocycles. The average Bonchev–Trinajstić information content (AvgIpc) is 2.02. The van der Waals surface area contributed by atoms with Gasteiger partial charge in [0.25, 0.3) is 0 Å². The molecule has 0 amide bonds. The Morgan fingerprint density at radius 2 is 1.86 bits per heavy atom. The highest BCUT2D eigenvalue weighted by Crippen LogP contribution is 2.10. The van der Waals surface area contributed by atoms with E-state index < -0.39 is 11.6 Å². The van der Waals surface area contributed by atoms with Gasteiger partial charge in [0.15, 0.2) is 0 Å². The predicted octanol–water partition coefficient (Wildman–Crippen LogP) is 2.09. The number of hydrogen-bond donors (Lipinski definition) is 0. The number of halogens is 1. The summed E-state index contributed by atoms with van der Waals surface area (Å²) in [5, 5.41) is 0.386. The van der Waals surface area contributed by atoms with E-state index in [2.05, 4.69) is 9.97 Å². The fourth-order valence-electron chi connectivity index (χ4n) is 0.741. The first-order chi connectivity index (χ1) is 6.38. The summed E-state index contributed by atoms with van der Waals surface area (Å²) >= 11 is 5.57. The summed E-state index contributed by atoms with van der Waals surface area (Å²) in [7, 11) is 0. The Morgan fingerprint density at radius 1 is 1.36 bits per heavy atom. The van der Waals surface area contributed by atoms with Crippen molar-refractivity contribution in [3.8, 4) is 0 Å². The third-order valence-electron chi connectivity index (χ3n) is 1.20. The summed E-state index contributed by atoms with van der Waals surface area (Å²) in [6, 6.07) is 0. The Bertz CT molecular complexity index is 330. The molecule has 0 aliphatic rings. The number of aromatic nitrogens is 2. The minimum absolute atomic E-state index is 0.0179. The van der Waals surface area contributed by atoms with Gasteiger partial charge in [-0.15, -0.1) is 0 Å². The third-order valence-corrected chi connectivity index (χ3v) is 1.40. The molecule has 1 aromatic heterocycles. The Balaban J connectivity index is 2.76. The molecule has 0 aliphatic heterocycles. The lowest BCUT2D eigenvalue weighted by atomic mass is 10.2. The third kappa shape index (κ3) is 3.30. The number of esters is 1. The lowest BCUT2D eigenvalue weighted by Crippen LogP contribution is -2.25. The molecule has 5 heteroatoms. The Morgan fingerprint density at radius 3 is 2.29 bits per heavy atom. The van der Waals surface area contributed by atoms with E-state index in [1.807, 2.05) is 0 Å². The average molecular weight is 215 g/mol. The number of carbonyl (C=O) groups excluding carboxylic acids is 1. The molecule has 0 N–H and O–H groups in total. The SMILES string of the molecule is CC(C)(C)OC(=O)c1ncc(Cl)cn1. The Hall–Kier alpha value is -1.16. The fourth-order valence-corrected chi connectivity index (χ4v) is 0.839. The topological polar surface area (TPSA) is 52.1 Å². The monoisotopic (exact) mass is 214 g/mol. The zero-order valence-corrected chi connectivity index (χ0v) is 9.00. The van der Waals surface area contributed by atoms with Gasteiger partial charge in [-0.25, -0.2) is 14.8 Å². The van der Waals surface area contributed by atoms with Gasteiger partial charge in [-0.1, -0.05) is 11.6 Å². The van der Waals surface area contributed by atoms with Gasteiger partial charge in [0.1, 0.15) is 5.60 Å². The van der Waals surface area contributed by atoms with Crippen LogP contribution in [0.3, 0.4) is 0 Å². The van der Waals surface area contributed by atoms with Crippen LogP contribution in [-0.4, -0.2) is 21.5 Å². The first-order valence-electron chi connectivity index (χ1n) is 4.09. The molecular weight excluding hydrogens is 204 g/mol. The van der Waals surface area contributed by atoms with Crippen LogP contribution in [0.2, 0.25) is 5.02 Å². The quantitative estimate of drug-likeness (QED) is 0.672. The van der Waals surface area contributed by atoms with Crippen molar-refractivity contribution in [1.82, 2.24) is 9.97 Å². The van der Waals surface area contributed by atoms with Crippen LogP contribution in [-0.2, 0) is 4.74 Å². The van der Waals surface area contributed by atoms with Crippen molar-refractivity contribution in [2.45, 2.75) is 26.4 Å². The minimum atomic E-state index is -0.547. The molecule has 0 saturated carbocycles. The van der Waals surface area contributed by atoms with Crippen LogP contribution in [0, 0.1) is 0 Å². The molecule has 76 valence electrons. The highest BCUT2D eigenvalue weighted by Gasteiger charge is 2.19. The van der Waals surface area contributed by atoms with Crippen molar-refractivity contribution >= 4 is 17.6 Å². The van der Waals surface area contributed by atoms with Gasteiger partial charge in [0.2, 0.25) is 5.82 Å². The van der Waals surface area contributed by atoms with Gasteiger partial charge in [-0.3, -0.25) is 0 Å². The molecule has 0 aromatic carbocycles. The maximum absolute atomic E-state index is 11.4. The van der Waals surface area contributed by atoms with E-state index in [-0.39, 0.29) is 5.82 Å². The smallest absolute Gasteiger partial charge is 0.376 e. The van der Waals surface area contributed by atoms with Crippen molar-refractivity contribution in [2.75, 3.05) is 0 Å². The summed E-state index contributed by atoms with van der Waals surface area (Å²) in [6.45, 7) is 5.34. The molecule has 1 aromatic rings. The molecule has 0 atom stereocenters. The highest BCUT2D eigenvalue weighted by atomic mass is 35.5. The van der Waals surface area contributed by atoms with Crippen LogP contribution in [0.1, 0.15) is 31.4 Å². The van der Waals surface area contributed by atoms with Crippen molar-refractivity contribution in [1.29, 1.82) is 0 Å². The van der Waals surface area contributed by atoms with Crippen molar-refractivity contribution in [3.05, 3.63) is 23.2 Å². The lowest BCUT2D eigenvalue weighted by molar-refractivity contribution is 0.00556. The van der Waals surface area contributed by atoms with E-state index in [1.165, 1.54) is 12.4 Å². The van der Waals surface area contributed by atoms with E-state index >= 15 is 0 Å². The summed E-state index contributed by atoms with van der Waals surface area (Å²) in [6.07, 6.45) is 2.71. The molecule has 0 radical (unpaired) electrons. The standard InChI is InChI=1S/C9H11ClN2O2/c1-9(2,3)14-8(13)7-11-4-6(10)5-12-7/h4-5H,1-3H3. The lowest BCUT2D eigenvalue weighted by Gasteiger charge is -2.18. The van der Waals surface area contributed by atoms with E-state index in [4.69, 9.17) is 16.3 Å². The van der Waals surface area contributed by atoms with Crippen LogP contribution in [0.25, 0.3) is 0 Å². The normalized spacial score (nSPS) is 11.1. The number of carbonyl (C=O) groups is 1. The van der Waals surface area contributed by atoms with Crippen LogP contribution in [0.4, 0.5) is 0 Å². The molecule has 0 fully saturated rings. The molecule has 1 rings (SSSR count). The molecule has 0 saturated heterocycles. The van der Waals surface area contributed by atoms with E-state index in [0.717, 1.165) is 0 Å². The molecule has 14 heavy (non-hydrogen) atoms. The minimum Gasteiger partial charge on any atom is -0.454 e. The first kappa shape index (κ1) is 10.9. The zero-order valence-electron chi connectivity index (χ0n) is 8.24. The van der Waals surface area contributed by atoms with Crippen molar-refractivity contribution in [3.63, 3.8) is 0 Å². The molecular formula is C9H11ClN2O2. The van der Waals surface area contributed by atoms with Crippen LogP contribution in [0.15, 0.2) is 12.4 Å². The highest BCUT2D eigenvalue weighted by molar-refractivity contribution is 6.30. The zero-order chi connectivity index (χ0) is 10.8. The largest absolute Gasteiger partial charge is 0.454 e. The van der Waals surface area contributed by atoms with Gasteiger partial charge in [-0.05, 0) is 20.8 Å². The van der Waals surface area contributed by atoms with Gasteiger partial charge < -0.3 is 4.74 Å². The van der Waals surface area contributed by atoms with Gasteiger partial charge in [-0.2, -0.15) is 0 Å². The van der Waals surface area contributed by atoms with E-state index in [0.29, 0.717) is 5.02 Å². The number of rotatable bonds is 1. The van der Waals surface area contributed by atoms with E-state index in [1.54, 1.807) is 20.8 Å². The second-order valence-corrected chi connectivity index (χ2v) is 4.16. The second kappa shape index (κ2) is 3.92. The molecule has 0 bridgehead atoms. The predicted molar refractivity (Wildman–Crippen MR) is 52.2 cm³/mol. The molecule has 0 unspecified atom stereocenters.